The van der Waals surface area contributed by atoms with Crippen LogP contribution in [0.4, 0.5) is 0 Å². The predicted octanol–water partition coefficient (Wildman–Crippen LogP) is 6.13. The zero-order valence-electron chi connectivity index (χ0n) is 14.7. The topological polar surface area (TPSA) is 34.2 Å². The predicted molar refractivity (Wildman–Crippen MR) is 104 cm³/mol. The second kappa shape index (κ2) is 8.79. The van der Waals surface area contributed by atoms with Crippen LogP contribution >= 0.6 is 11.3 Å². The Balaban J connectivity index is 1.69. The molecule has 0 fully saturated rings. The molecule has 1 heterocycles. The summed E-state index contributed by atoms with van der Waals surface area (Å²) in [6.07, 6.45) is 4.09. The van der Waals surface area contributed by atoms with Crippen molar-refractivity contribution in [1.82, 2.24) is 10.3 Å². The van der Waals surface area contributed by atoms with Gasteiger partial charge in [-0.15, -0.1) is 11.3 Å². The zero-order valence-corrected chi connectivity index (χ0v) is 15.5. The minimum atomic E-state index is 0.247. The molecule has 2 aromatic carbocycles. The molecule has 3 rings (SSSR count). The van der Waals surface area contributed by atoms with Crippen LogP contribution in [0, 0.1) is 0 Å². The summed E-state index contributed by atoms with van der Waals surface area (Å²) in [6.45, 7) is 4.39. The Morgan fingerprint density at radius 3 is 2.40 bits per heavy atom. The van der Waals surface area contributed by atoms with Crippen molar-refractivity contribution in [2.45, 2.75) is 38.8 Å². The second-order valence-electron chi connectivity index (χ2n) is 6.08. The van der Waals surface area contributed by atoms with Gasteiger partial charge < -0.3 is 10.1 Å². The van der Waals surface area contributed by atoms with E-state index >= 15 is 0 Å². The van der Waals surface area contributed by atoms with E-state index in [1.54, 1.807) is 11.3 Å². The average Bonchev–Trinajstić information content (AvgIpc) is 3.18. The molecule has 0 spiro atoms. The molecule has 130 valence electrons. The first-order valence-corrected chi connectivity index (χ1v) is 9.62. The molecule has 25 heavy (non-hydrogen) atoms. The van der Waals surface area contributed by atoms with E-state index in [2.05, 4.69) is 36.3 Å². The molecule has 0 radical (unpaired) electrons. The lowest BCUT2D eigenvalue weighted by Gasteiger charge is -2.22. The summed E-state index contributed by atoms with van der Waals surface area (Å²) in [5.74, 6) is 1.72. The summed E-state index contributed by atoms with van der Waals surface area (Å²) < 4.78 is 5.88. The Hall–Kier alpha value is -2.17. The van der Waals surface area contributed by atoms with E-state index in [9.17, 15) is 0 Å². The maximum atomic E-state index is 5.88. The fraction of sp³-hybridized carbons (Fsp3) is 0.286. The van der Waals surface area contributed by atoms with Crippen molar-refractivity contribution in [2.75, 3.05) is 0 Å². The van der Waals surface area contributed by atoms with Gasteiger partial charge in [-0.3, -0.25) is 0 Å². The summed E-state index contributed by atoms with van der Waals surface area (Å²) in [5.41, 5.74) is 1.28. The van der Waals surface area contributed by atoms with Crippen LogP contribution in [-0.4, -0.2) is 4.98 Å². The third kappa shape index (κ3) is 4.91. The maximum Gasteiger partial charge on any atom is 0.127 e. The van der Waals surface area contributed by atoms with Gasteiger partial charge in [0.1, 0.15) is 16.5 Å². The van der Waals surface area contributed by atoms with Gasteiger partial charge in [0.05, 0.1) is 6.04 Å². The van der Waals surface area contributed by atoms with Crippen molar-refractivity contribution in [3.05, 3.63) is 76.7 Å². The number of rotatable bonds is 8. The van der Waals surface area contributed by atoms with Crippen LogP contribution in [0.3, 0.4) is 0 Å². The molecular weight excluding hydrogens is 328 g/mol. The van der Waals surface area contributed by atoms with E-state index < -0.39 is 0 Å². The molecule has 4 heteroatoms. The Labute approximate surface area is 153 Å². The largest absolute Gasteiger partial charge is 0.457 e. The van der Waals surface area contributed by atoms with Gasteiger partial charge in [-0.2, -0.15) is 0 Å². The minimum Gasteiger partial charge on any atom is -0.457 e. The van der Waals surface area contributed by atoms with Crippen LogP contribution in [0.1, 0.15) is 49.3 Å². The highest BCUT2D eigenvalue weighted by Crippen LogP contribution is 2.27. The zero-order chi connectivity index (χ0) is 17.5. The van der Waals surface area contributed by atoms with E-state index in [0.717, 1.165) is 29.3 Å². The molecule has 0 amide bonds. The Morgan fingerprint density at radius 2 is 1.76 bits per heavy atom. The van der Waals surface area contributed by atoms with Crippen molar-refractivity contribution in [2.24, 2.45) is 0 Å². The lowest BCUT2D eigenvalue weighted by molar-refractivity contribution is 0.437. The summed E-state index contributed by atoms with van der Waals surface area (Å²) in [6, 6.07) is 18.8. The van der Waals surface area contributed by atoms with E-state index in [0.29, 0.717) is 6.04 Å². The first kappa shape index (κ1) is 17.6. The Morgan fingerprint density at radius 1 is 1.04 bits per heavy atom. The van der Waals surface area contributed by atoms with Crippen LogP contribution in [0.2, 0.25) is 0 Å². The molecule has 0 aliphatic carbocycles. The molecule has 0 aliphatic rings. The number of hydrogen-bond acceptors (Lipinski definition) is 4. The average molecular weight is 353 g/mol. The molecule has 2 atom stereocenters. The number of nitrogens with one attached hydrogen (secondary N) is 1. The Bertz CT molecular complexity index is 741. The summed E-state index contributed by atoms with van der Waals surface area (Å²) in [5, 5.41) is 6.87. The summed E-state index contributed by atoms with van der Waals surface area (Å²) in [4.78, 5) is 4.42. The number of benzene rings is 2. The third-order valence-corrected chi connectivity index (χ3v) is 5.07. The Kier molecular flexibility index (Phi) is 6.20. The van der Waals surface area contributed by atoms with Crippen molar-refractivity contribution < 1.29 is 4.74 Å². The van der Waals surface area contributed by atoms with Gasteiger partial charge in [0.15, 0.2) is 0 Å². The number of aromatic nitrogens is 1. The monoisotopic (exact) mass is 352 g/mol. The van der Waals surface area contributed by atoms with Crippen molar-refractivity contribution in [3.63, 3.8) is 0 Å². The smallest absolute Gasteiger partial charge is 0.127 e. The van der Waals surface area contributed by atoms with Crippen LogP contribution in [0.5, 0.6) is 11.5 Å². The molecule has 3 nitrogen and oxygen atoms in total. The molecule has 0 bridgehead atoms. The van der Waals surface area contributed by atoms with E-state index in [1.165, 1.54) is 5.56 Å². The normalized spacial score (nSPS) is 13.4. The molecule has 3 aromatic rings. The fourth-order valence-electron chi connectivity index (χ4n) is 2.85. The number of hydrogen-bond donors (Lipinski definition) is 1. The number of ether oxygens (including phenoxy) is 1. The molecule has 0 aliphatic heterocycles. The van der Waals surface area contributed by atoms with Crippen LogP contribution in [-0.2, 0) is 0 Å². The van der Waals surface area contributed by atoms with Crippen LogP contribution in [0.15, 0.2) is 66.2 Å². The number of para-hydroxylation sites is 1. The second-order valence-corrected chi connectivity index (χ2v) is 7.01. The standard InChI is InChI=1S/C21H24N2OS/c1-3-7-20(23-16(2)21-22-14-15-25-21)17-10-12-19(13-11-17)24-18-8-5-4-6-9-18/h4-6,8-16,20,23H,3,7H2,1-2H3. The van der Waals surface area contributed by atoms with Gasteiger partial charge in [-0.1, -0.05) is 43.7 Å². The van der Waals surface area contributed by atoms with E-state index in [4.69, 9.17) is 4.74 Å². The number of nitrogens with zero attached hydrogens (tertiary/aromatic N) is 1. The molecule has 2 unspecified atom stereocenters. The van der Waals surface area contributed by atoms with Crippen molar-refractivity contribution in [1.29, 1.82) is 0 Å². The van der Waals surface area contributed by atoms with Gasteiger partial charge in [-0.25, -0.2) is 4.98 Å². The molecule has 1 aromatic heterocycles. The molecule has 0 saturated heterocycles. The van der Waals surface area contributed by atoms with Gasteiger partial charge in [0.25, 0.3) is 0 Å². The van der Waals surface area contributed by atoms with Gasteiger partial charge in [0.2, 0.25) is 0 Å². The van der Waals surface area contributed by atoms with E-state index in [1.807, 2.05) is 54.0 Å². The molecule has 0 saturated carbocycles. The van der Waals surface area contributed by atoms with Crippen molar-refractivity contribution in [3.8, 4) is 11.5 Å². The maximum absolute atomic E-state index is 5.88. The van der Waals surface area contributed by atoms with Gasteiger partial charge >= 0.3 is 0 Å². The highest BCUT2D eigenvalue weighted by Gasteiger charge is 2.16. The fourth-order valence-corrected chi connectivity index (χ4v) is 3.50. The van der Waals surface area contributed by atoms with Crippen LogP contribution < -0.4 is 10.1 Å². The van der Waals surface area contributed by atoms with Crippen LogP contribution in [0.25, 0.3) is 0 Å². The highest BCUT2D eigenvalue weighted by atomic mass is 32.1. The molecule has 1 N–H and O–H groups in total. The highest BCUT2D eigenvalue weighted by molar-refractivity contribution is 7.09. The lowest BCUT2D eigenvalue weighted by atomic mass is 10.0. The van der Waals surface area contributed by atoms with Crippen molar-refractivity contribution >= 4 is 11.3 Å². The third-order valence-electron chi connectivity index (χ3n) is 4.11. The minimum absolute atomic E-state index is 0.247. The van der Waals surface area contributed by atoms with E-state index in [-0.39, 0.29) is 6.04 Å². The summed E-state index contributed by atoms with van der Waals surface area (Å²) in [7, 11) is 0. The van der Waals surface area contributed by atoms with Gasteiger partial charge in [0, 0.05) is 17.6 Å². The van der Waals surface area contributed by atoms with Gasteiger partial charge in [-0.05, 0) is 43.2 Å². The molecular formula is C21H24N2OS. The SMILES string of the molecule is CCCC(NC(C)c1nccs1)c1ccc(Oc2ccccc2)cc1. The summed E-state index contributed by atoms with van der Waals surface area (Å²) >= 11 is 1.70. The quantitative estimate of drug-likeness (QED) is 0.530. The lowest BCUT2D eigenvalue weighted by Crippen LogP contribution is -2.24. The first-order chi connectivity index (χ1) is 12.3. The first-order valence-electron chi connectivity index (χ1n) is 8.74. The number of thiazole rings is 1.